The second kappa shape index (κ2) is 4.69. The Balaban J connectivity index is 2.16. The molecule has 88 valence electrons. The largest absolute Gasteiger partial charge is 0.497 e. The van der Waals surface area contributed by atoms with Crippen LogP contribution in [-0.4, -0.2) is 18.0 Å². The predicted octanol–water partition coefficient (Wildman–Crippen LogP) is 2.24. The number of nitrogens with zero attached hydrogens (tertiary/aromatic N) is 1. The molecule has 0 saturated heterocycles. The number of ether oxygens (including phenoxy) is 1. The molecule has 0 unspecified atom stereocenters. The highest BCUT2D eigenvalue weighted by Crippen LogP contribution is 2.16. The van der Waals surface area contributed by atoms with Crippen molar-refractivity contribution in [3.8, 4) is 5.75 Å². The van der Waals surface area contributed by atoms with E-state index in [4.69, 9.17) is 9.15 Å². The van der Waals surface area contributed by atoms with Crippen molar-refractivity contribution in [3.63, 3.8) is 0 Å². The van der Waals surface area contributed by atoms with Crippen molar-refractivity contribution in [1.29, 1.82) is 0 Å². The lowest BCUT2D eigenvalue weighted by Crippen LogP contribution is -2.13. The first-order valence-corrected chi connectivity index (χ1v) is 5.06. The lowest BCUT2D eigenvalue weighted by molar-refractivity contribution is 0.0995. The molecule has 0 bridgehead atoms. The van der Waals surface area contributed by atoms with E-state index in [1.807, 2.05) is 0 Å². The average Bonchev–Trinajstić information content (AvgIpc) is 2.76. The maximum absolute atomic E-state index is 11.8. The molecule has 1 amide bonds. The molecule has 0 aliphatic heterocycles. The molecule has 2 heterocycles. The van der Waals surface area contributed by atoms with Crippen molar-refractivity contribution in [2.45, 2.75) is 6.92 Å². The summed E-state index contributed by atoms with van der Waals surface area (Å²) in [5, 5.41) is 2.64. The van der Waals surface area contributed by atoms with Gasteiger partial charge in [-0.2, -0.15) is 0 Å². The number of rotatable bonds is 3. The second-order valence-electron chi connectivity index (χ2n) is 3.47. The van der Waals surface area contributed by atoms with Gasteiger partial charge in [-0.15, -0.1) is 0 Å². The van der Waals surface area contributed by atoms with Gasteiger partial charge in [0.15, 0.2) is 5.76 Å². The maximum Gasteiger partial charge on any atom is 0.292 e. The van der Waals surface area contributed by atoms with Gasteiger partial charge in [-0.05, 0) is 19.1 Å². The molecule has 2 aromatic rings. The summed E-state index contributed by atoms with van der Waals surface area (Å²) < 4.78 is 10.1. The summed E-state index contributed by atoms with van der Waals surface area (Å²) in [6, 6.07) is 5.07. The van der Waals surface area contributed by atoms with E-state index < -0.39 is 0 Å². The van der Waals surface area contributed by atoms with Gasteiger partial charge in [0.2, 0.25) is 0 Å². The van der Waals surface area contributed by atoms with Crippen LogP contribution in [0.15, 0.2) is 35.1 Å². The summed E-state index contributed by atoms with van der Waals surface area (Å²) in [5.41, 5.74) is 0.783. The average molecular weight is 232 g/mol. The van der Waals surface area contributed by atoms with Gasteiger partial charge < -0.3 is 14.5 Å². The van der Waals surface area contributed by atoms with Gasteiger partial charge >= 0.3 is 0 Å². The third kappa shape index (κ3) is 2.44. The highest BCUT2D eigenvalue weighted by Gasteiger charge is 2.13. The van der Waals surface area contributed by atoms with Crippen LogP contribution in [0, 0.1) is 6.92 Å². The standard InChI is InChI=1S/C12H12N2O3/c1-8-4-6-17-11(8)12(15)14-10-7-9(16-2)3-5-13-10/h3-7H,1-2H3,(H,13,14,15). The van der Waals surface area contributed by atoms with Crippen LogP contribution in [0.1, 0.15) is 16.1 Å². The minimum atomic E-state index is -0.326. The highest BCUT2D eigenvalue weighted by molar-refractivity contribution is 6.02. The van der Waals surface area contributed by atoms with Crippen LogP contribution in [-0.2, 0) is 0 Å². The number of carbonyl (C=O) groups is 1. The van der Waals surface area contributed by atoms with Crippen LogP contribution in [0.4, 0.5) is 5.82 Å². The Kier molecular flexibility index (Phi) is 3.09. The van der Waals surface area contributed by atoms with Gasteiger partial charge in [-0.1, -0.05) is 0 Å². The molecule has 0 aromatic carbocycles. The zero-order chi connectivity index (χ0) is 12.3. The van der Waals surface area contributed by atoms with Crippen molar-refractivity contribution in [3.05, 3.63) is 42.0 Å². The molecule has 0 spiro atoms. The van der Waals surface area contributed by atoms with Crippen molar-refractivity contribution >= 4 is 11.7 Å². The fraction of sp³-hybridized carbons (Fsp3) is 0.167. The second-order valence-corrected chi connectivity index (χ2v) is 3.47. The van der Waals surface area contributed by atoms with Gasteiger partial charge in [0.1, 0.15) is 11.6 Å². The van der Waals surface area contributed by atoms with E-state index in [1.54, 1.807) is 38.4 Å². The normalized spacial score (nSPS) is 10.0. The predicted molar refractivity (Wildman–Crippen MR) is 62.2 cm³/mol. The summed E-state index contributed by atoms with van der Waals surface area (Å²) in [5.74, 6) is 1.01. The van der Waals surface area contributed by atoms with E-state index in [-0.39, 0.29) is 11.7 Å². The Bertz CT molecular complexity index is 534. The van der Waals surface area contributed by atoms with E-state index in [1.165, 1.54) is 6.26 Å². The fourth-order valence-corrected chi connectivity index (χ4v) is 1.38. The number of anilines is 1. The minimum Gasteiger partial charge on any atom is -0.497 e. The van der Waals surface area contributed by atoms with E-state index in [2.05, 4.69) is 10.3 Å². The van der Waals surface area contributed by atoms with Gasteiger partial charge in [-0.3, -0.25) is 4.79 Å². The zero-order valence-corrected chi connectivity index (χ0v) is 9.56. The summed E-state index contributed by atoms with van der Waals surface area (Å²) in [4.78, 5) is 15.8. The first-order chi connectivity index (χ1) is 8.20. The smallest absolute Gasteiger partial charge is 0.292 e. The van der Waals surface area contributed by atoms with Crippen molar-refractivity contribution in [1.82, 2.24) is 4.98 Å². The van der Waals surface area contributed by atoms with Crippen LogP contribution in [0.2, 0.25) is 0 Å². The van der Waals surface area contributed by atoms with E-state index in [0.29, 0.717) is 11.6 Å². The van der Waals surface area contributed by atoms with Crippen LogP contribution < -0.4 is 10.1 Å². The first kappa shape index (κ1) is 11.2. The Morgan fingerprint density at radius 2 is 2.29 bits per heavy atom. The highest BCUT2D eigenvalue weighted by atomic mass is 16.5. The first-order valence-electron chi connectivity index (χ1n) is 5.06. The van der Waals surface area contributed by atoms with Gasteiger partial charge in [0.25, 0.3) is 5.91 Å². The molecule has 2 aromatic heterocycles. The molecule has 0 saturated carbocycles. The monoisotopic (exact) mass is 232 g/mol. The third-order valence-corrected chi connectivity index (χ3v) is 2.28. The molecule has 5 heteroatoms. The molecule has 5 nitrogen and oxygen atoms in total. The number of furan rings is 1. The Morgan fingerprint density at radius 3 is 2.94 bits per heavy atom. The molecule has 0 radical (unpaired) electrons. The summed E-state index contributed by atoms with van der Waals surface area (Å²) >= 11 is 0. The summed E-state index contributed by atoms with van der Waals surface area (Å²) in [7, 11) is 1.55. The Labute approximate surface area is 98.4 Å². The summed E-state index contributed by atoms with van der Waals surface area (Å²) in [6.45, 7) is 1.80. The van der Waals surface area contributed by atoms with Gasteiger partial charge in [0, 0.05) is 17.8 Å². The number of pyridine rings is 1. The topological polar surface area (TPSA) is 64.4 Å². The number of amides is 1. The Hall–Kier alpha value is -2.30. The van der Waals surface area contributed by atoms with E-state index in [0.717, 1.165) is 5.56 Å². The SMILES string of the molecule is COc1ccnc(NC(=O)c2occc2C)c1. The third-order valence-electron chi connectivity index (χ3n) is 2.28. The number of methoxy groups -OCH3 is 1. The quantitative estimate of drug-likeness (QED) is 0.881. The van der Waals surface area contributed by atoms with Gasteiger partial charge in [0.05, 0.1) is 13.4 Å². The van der Waals surface area contributed by atoms with Crippen LogP contribution in [0.5, 0.6) is 5.75 Å². The molecule has 0 fully saturated rings. The lowest BCUT2D eigenvalue weighted by Gasteiger charge is -2.04. The van der Waals surface area contributed by atoms with Gasteiger partial charge in [-0.25, -0.2) is 4.98 Å². The summed E-state index contributed by atoms with van der Waals surface area (Å²) in [6.07, 6.45) is 3.03. The fourth-order valence-electron chi connectivity index (χ4n) is 1.38. The van der Waals surface area contributed by atoms with Crippen molar-refractivity contribution in [2.75, 3.05) is 12.4 Å². The van der Waals surface area contributed by atoms with Crippen molar-refractivity contribution in [2.24, 2.45) is 0 Å². The number of hydrogen-bond donors (Lipinski definition) is 1. The molecule has 0 aliphatic rings. The number of nitrogens with one attached hydrogen (secondary N) is 1. The van der Waals surface area contributed by atoms with E-state index in [9.17, 15) is 4.79 Å². The maximum atomic E-state index is 11.8. The minimum absolute atomic E-state index is 0.287. The van der Waals surface area contributed by atoms with E-state index >= 15 is 0 Å². The molecule has 0 atom stereocenters. The molecule has 1 N–H and O–H groups in total. The lowest BCUT2D eigenvalue weighted by atomic mass is 10.2. The van der Waals surface area contributed by atoms with Crippen molar-refractivity contribution < 1.29 is 13.9 Å². The number of hydrogen-bond acceptors (Lipinski definition) is 4. The van der Waals surface area contributed by atoms with Crippen LogP contribution in [0.25, 0.3) is 0 Å². The molecule has 17 heavy (non-hydrogen) atoms. The molecule has 2 rings (SSSR count). The van der Waals surface area contributed by atoms with Crippen LogP contribution in [0.3, 0.4) is 0 Å². The number of aryl methyl sites for hydroxylation is 1. The molecule has 0 aliphatic carbocycles. The molecular formula is C12H12N2O3. The number of aromatic nitrogens is 1. The Morgan fingerprint density at radius 1 is 1.47 bits per heavy atom. The zero-order valence-electron chi connectivity index (χ0n) is 9.56. The molecular weight excluding hydrogens is 220 g/mol. The number of carbonyl (C=O) groups excluding carboxylic acids is 1. The van der Waals surface area contributed by atoms with Crippen LogP contribution >= 0.6 is 0 Å².